The number of ether oxygens (including phenoxy) is 1. The Morgan fingerprint density at radius 3 is 2.69 bits per heavy atom. The number of hydrogen-bond donors (Lipinski definition) is 0. The number of methoxy groups -OCH3 is 1. The quantitative estimate of drug-likeness (QED) is 0.712. The van der Waals surface area contributed by atoms with Gasteiger partial charge in [-0.1, -0.05) is 25.1 Å². The average molecular weight is 220 g/mol. The molecular weight excluding hydrogens is 200 g/mol. The Labute approximate surface area is 97.6 Å². The second-order valence-corrected chi connectivity index (χ2v) is 4.44. The fourth-order valence-electron chi connectivity index (χ4n) is 1.82. The lowest BCUT2D eigenvalue weighted by atomic mass is 9.95. The van der Waals surface area contributed by atoms with Crippen LogP contribution in [0.5, 0.6) is 0 Å². The maximum absolute atomic E-state index is 12.0. The van der Waals surface area contributed by atoms with Crippen LogP contribution in [0.4, 0.5) is 0 Å². The summed E-state index contributed by atoms with van der Waals surface area (Å²) in [5.41, 5.74) is 3.12. The van der Waals surface area contributed by atoms with E-state index in [9.17, 15) is 4.79 Å². The zero-order valence-corrected chi connectivity index (χ0v) is 10.5. The van der Waals surface area contributed by atoms with Crippen molar-refractivity contribution >= 4 is 5.78 Å². The Hall–Kier alpha value is -1.15. The lowest BCUT2D eigenvalue weighted by Crippen LogP contribution is -2.12. The summed E-state index contributed by atoms with van der Waals surface area (Å²) in [7, 11) is 1.67. The summed E-state index contributed by atoms with van der Waals surface area (Å²) >= 11 is 0. The number of carbonyl (C=O) groups is 1. The summed E-state index contributed by atoms with van der Waals surface area (Å²) in [6.07, 6.45) is 0.554. The molecule has 0 heterocycles. The van der Waals surface area contributed by atoms with Gasteiger partial charge in [0.25, 0.3) is 0 Å². The van der Waals surface area contributed by atoms with E-state index >= 15 is 0 Å². The minimum atomic E-state index is 0.214. The van der Waals surface area contributed by atoms with Crippen molar-refractivity contribution < 1.29 is 9.53 Å². The summed E-state index contributed by atoms with van der Waals surface area (Å²) in [6, 6.07) is 5.88. The maximum atomic E-state index is 12.0. The minimum absolute atomic E-state index is 0.214. The van der Waals surface area contributed by atoms with Crippen LogP contribution in [0.3, 0.4) is 0 Å². The van der Waals surface area contributed by atoms with Gasteiger partial charge in [-0.3, -0.25) is 4.79 Å². The van der Waals surface area contributed by atoms with E-state index in [-0.39, 0.29) is 11.7 Å². The van der Waals surface area contributed by atoms with Crippen LogP contribution in [-0.4, -0.2) is 19.5 Å². The van der Waals surface area contributed by atoms with Gasteiger partial charge >= 0.3 is 0 Å². The highest BCUT2D eigenvalue weighted by molar-refractivity contribution is 5.97. The van der Waals surface area contributed by atoms with Crippen molar-refractivity contribution in [3.8, 4) is 0 Å². The van der Waals surface area contributed by atoms with Gasteiger partial charge in [-0.2, -0.15) is 0 Å². The molecule has 88 valence electrons. The van der Waals surface area contributed by atoms with Crippen molar-refractivity contribution in [1.29, 1.82) is 0 Å². The molecule has 0 aliphatic carbocycles. The van der Waals surface area contributed by atoms with Gasteiger partial charge in [-0.15, -0.1) is 0 Å². The molecule has 0 aliphatic rings. The van der Waals surface area contributed by atoms with Gasteiger partial charge in [-0.05, 0) is 30.9 Å². The number of rotatable bonds is 5. The third-order valence-corrected chi connectivity index (χ3v) is 2.89. The van der Waals surface area contributed by atoms with Gasteiger partial charge < -0.3 is 4.74 Å². The Kier molecular flexibility index (Phi) is 4.69. The summed E-state index contributed by atoms with van der Waals surface area (Å²) in [6.45, 7) is 6.71. The van der Waals surface area contributed by atoms with Crippen LogP contribution in [0.25, 0.3) is 0 Å². The normalized spacial score (nSPS) is 12.5. The van der Waals surface area contributed by atoms with Crippen molar-refractivity contribution in [1.82, 2.24) is 0 Å². The standard InChI is InChI=1S/C14H20O2/c1-10(9-16-4)8-14(15)13-7-5-6-11(2)12(13)3/h5-7,10H,8-9H2,1-4H3. The van der Waals surface area contributed by atoms with Crippen LogP contribution in [0, 0.1) is 19.8 Å². The van der Waals surface area contributed by atoms with Crippen LogP contribution in [0.1, 0.15) is 34.8 Å². The van der Waals surface area contributed by atoms with Crippen molar-refractivity contribution in [2.75, 3.05) is 13.7 Å². The van der Waals surface area contributed by atoms with Crippen molar-refractivity contribution in [3.05, 3.63) is 34.9 Å². The molecule has 1 unspecified atom stereocenters. The predicted molar refractivity (Wildman–Crippen MR) is 65.9 cm³/mol. The first kappa shape index (κ1) is 12.9. The van der Waals surface area contributed by atoms with Crippen LogP contribution in [0.15, 0.2) is 18.2 Å². The third kappa shape index (κ3) is 3.17. The zero-order chi connectivity index (χ0) is 12.1. The summed E-state index contributed by atoms with van der Waals surface area (Å²) in [5.74, 6) is 0.489. The Morgan fingerprint density at radius 2 is 2.06 bits per heavy atom. The Balaban J connectivity index is 2.77. The molecule has 0 saturated heterocycles. The lowest BCUT2D eigenvalue weighted by Gasteiger charge is -2.11. The van der Waals surface area contributed by atoms with Gasteiger partial charge in [0.2, 0.25) is 0 Å². The smallest absolute Gasteiger partial charge is 0.163 e. The van der Waals surface area contributed by atoms with E-state index < -0.39 is 0 Å². The van der Waals surface area contributed by atoms with Gasteiger partial charge in [0.05, 0.1) is 0 Å². The summed E-state index contributed by atoms with van der Waals surface area (Å²) in [5, 5.41) is 0. The van der Waals surface area contributed by atoms with E-state index in [2.05, 4.69) is 0 Å². The molecular formula is C14H20O2. The summed E-state index contributed by atoms with van der Waals surface area (Å²) < 4.78 is 5.04. The van der Waals surface area contributed by atoms with E-state index in [0.29, 0.717) is 13.0 Å². The topological polar surface area (TPSA) is 26.3 Å². The number of ketones is 1. The van der Waals surface area contributed by atoms with Crippen LogP contribution in [0.2, 0.25) is 0 Å². The van der Waals surface area contributed by atoms with E-state index in [4.69, 9.17) is 4.74 Å². The van der Waals surface area contributed by atoms with Crippen LogP contribution >= 0.6 is 0 Å². The molecule has 16 heavy (non-hydrogen) atoms. The fourth-order valence-corrected chi connectivity index (χ4v) is 1.82. The average Bonchev–Trinajstić information content (AvgIpc) is 2.22. The molecule has 2 nitrogen and oxygen atoms in total. The Morgan fingerprint density at radius 1 is 1.38 bits per heavy atom. The number of Topliss-reactive ketones (excluding diaryl/α,β-unsaturated/α-hetero) is 1. The molecule has 0 aromatic heterocycles. The highest BCUT2D eigenvalue weighted by Gasteiger charge is 2.13. The van der Waals surface area contributed by atoms with Gasteiger partial charge in [0.15, 0.2) is 5.78 Å². The minimum Gasteiger partial charge on any atom is -0.384 e. The number of hydrogen-bond acceptors (Lipinski definition) is 2. The molecule has 0 saturated carbocycles. The van der Waals surface area contributed by atoms with Crippen molar-refractivity contribution in [2.24, 2.45) is 5.92 Å². The number of aryl methyl sites for hydroxylation is 1. The van der Waals surface area contributed by atoms with E-state index in [1.165, 1.54) is 5.56 Å². The molecule has 0 bridgehead atoms. The molecule has 1 aromatic rings. The fraction of sp³-hybridized carbons (Fsp3) is 0.500. The van der Waals surface area contributed by atoms with Crippen molar-refractivity contribution in [2.45, 2.75) is 27.2 Å². The van der Waals surface area contributed by atoms with Gasteiger partial charge in [0.1, 0.15) is 0 Å². The molecule has 0 radical (unpaired) electrons. The first-order chi connectivity index (χ1) is 7.56. The second-order valence-electron chi connectivity index (χ2n) is 4.44. The molecule has 0 amide bonds. The van der Waals surface area contributed by atoms with E-state index in [0.717, 1.165) is 11.1 Å². The monoisotopic (exact) mass is 220 g/mol. The highest BCUT2D eigenvalue weighted by Crippen LogP contribution is 2.17. The highest BCUT2D eigenvalue weighted by atomic mass is 16.5. The SMILES string of the molecule is COCC(C)CC(=O)c1cccc(C)c1C. The maximum Gasteiger partial charge on any atom is 0.163 e. The molecule has 2 heteroatoms. The Bertz CT molecular complexity index is 369. The number of carbonyl (C=O) groups excluding carboxylic acids is 1. The zero-order valence-electron chi connectivity index (χ0n) is 10.5. The van der Waals surface area contributed by atoms with Gasteiger partial charge in [-0.25, -0.2) is 0 Å². The molecule has 1 rings (SSSR count). The van der Waals surface area contributed by atoms with E-state index in [1.807, 2.05) is 39.0 Å². The third-order valence-electron chi connectivity index (χ3n) is 2.89. The molecule has 0 spiro atoms. The number of benzene rings is 1. The van der Waals surface area contributed by atoms with Crippen LogP contribution in [-0.2, 0) is 4.74 Å². The van der Waals surface area contributed by atoms with Crippen molar-refractivity contribution in [3.63, 3.8) is 0 Å². The predicted octanol–water partition coefficient (Wildman–Crippen LogP) is 3.16. The summed E-state index contributed by atoms with van der Waals surface area (Å²) in [4.78, 5) is 12.0. The van der Waals surface area contributed by atoms with Crippen LogP contribution < -0.4 is 0 Å². The molecule has 0 fully saturated rings. The van der Waals surface area contributed by atoms with Gasteiger partial charge in [0, 0.05) is 25.7 Å². The van der Waals surface area contributed by atoms with E-state index in [1.54, 1.807) is 7.11 Å². The largest absolute Gasteiger partial charge is 0.384 e. The second kappa shape index (κ2) is 5.80. The molecule has 0 N–H and O–H groups in total. The molecule has 1 atom stereocenters. The lowest BCUT2D eigenvalue weighted by molar-refractivity contribution is 0.0919. The molecule has 0 aliphatic heterocycles. The first-order valence-corrected chi connectivity index (χ1v) is 5.64. The first-order valence-electron chi connectivity index (χ1n) is 5.64. The molecule has 1 aromatic carbocycles.